The number of hydrogen-bond donors (Lipinski definition) is 2. The van der Waals surface area contributed by atoms with E-state index in [0.717, 1.165) is 0 Å². The van der Waals surface area contributed by atoms with Crippen molar-refractivity contribution in [3.8, 4) is 0 Å². The van der Waals surface area contributed by atoms with Crippen LogP contribution in [-0.2, 0) is 4.79 Å². The van der Waals surface area contributed by atoms with Crippen LogP contribution in [0.1, 0.15) is 24.6 Å². The number of anilines is 1. The van der Waals surface area contributed by atoms with E-state index in [1.54, 1.807) is 4.90 Å². The van der Waals surface area contributed by atoms with Crippen LogP contribution in [0.3, 0.4) is 0 Å². The average Bonchev–Trinajstić information content (AvgIpc) is 2.86. The van der Waals surface area contributed by atoms with Gasteiger partial charge in [-0.25, -0.2) is 4.98 Å². The second-order valence-electron chi connectivity index (χ2n) is 4.67. The van der Waals surface area contributed by atoms with Crippen LogP contribution in [0.15, 0.2) is 5.38 Å². The Kier molecular flexibility index (Phi) is 4.19. The molecule has 1 atom stereocenters. The molecule has 0 aliphatic carbocycles. The maximum Gasteiger partial charge on any atom is 0.391 e. The van der Waals surface area contributed by atoms with Crippen LogP contribution in [0, 0.1) is 5.92 Å². The summed E-state index contributed by atoms with van der Waals surface area (Å²) in [4.78, 5) is 16.6. The predicted molar refractivity (Wildman–Crippen MR) is 67.7 cm³/mol. The Morgan fingerprint density at radius 2 is 2.10 bits per heavy atom. The van der Waals surface area contributed by atoms with E-state index in [-0.39, 0.29) is 31.6 Å². The molecule has 1 fully saturated rings. The van der Waals surface area contributed by atoms with Crippen LogP contribution in [0.2, 0.25) is 0 Å². The molecular weight excluding hydrogens is 295 g/mol. The van der Waals surface area contributed by atoms with Gasteiger partial charge in [-0.3, -0.25) is 4.79 Å². The van der Waals surface area contributed by atoms with E-state index in [2.05, 4.69) is 4.98 Å². The molecule has 1 aliphatic rings. The molecule has 0 saturated carbocycles. The highest BCUT2D eigenvalue weighted by Crippen LogP contribution is 2.36. The van der Waals surface area contributed by atoms with E-state index in [9.17, 15) is 18.0 Å². The summed E-state index contributed by atoms with van der Waals surface area (Å²) in [5.74, 6) is -2.45. The maximum atomic E-state index is 12.6. The second-order valence-corrected chi connectivity index (χ2v) is 5.51. The zero-order valence-corrected chi connectivity index (χ0v) is 11.2. The van der Waals surface area contributed by atoms with Crippen molar-refractivity contribution >= 4 is 22.4 Å². The van der Waals surface area contributed by atoms with Gasteiger partial charge in [-0.2, -0.15) is 13.2 Å². The lowest BCUT2D eigenvalue weighted by atomic mass is 9.97. The normalized spacial score (nSPS) is 19.1. The number of carboxylic acids is 1. The summed E-state index contributed by atoms with van der Waals surface area (Å²) in [6.45, 7) is 0.527. The molecule has 3 N–H and O–H groups in total. The molecule has 112 valence electrons. The van der Waals surface area contributed by atoms with Crippen molar-refractivity contribution < 1.29 is 23.1 Å². The van der Waals surface area contributed by atoms with Gasteiger partial charge in [0, 0.05) is 18.5 Å². The number of nitrogens with zero attached hydrogens (tertiary/aromatic N) is 2. The zero-order chi connectivity index (χ0) is 14.9. The predicted octanol–water partition coefficient (Wildman–Crippen LogP) is 2.01. The number of hydrogen-bond acceptors (Lipinski definition) is 5. The number of rotatable bonds is 3. The molecule has 20 heavy (non-hydrogen) atoms. The zero-order valence-electron chi connectivity index (χ0n) is 10.4. The lowest BCUT2D eigenvalue weighted by Gasteiger charge is -2.32. The maximum absolute atomic E-state index is 12.6. The Bertz CT molecular complexity index is 484. The van der Waals surface area contributed by atoms with Crippen molar-refractivity contribution in [1.82, 2.24) is 4.98 Å². The summed E-state index contributed by atoms with van der Waals surface area (Å²) >= 11 is 1.20. The molecule has 0 spiro atoms. The number of thiazole rings is 1. The fourth-order valence-corrected chi connectivity index (χ4v) is 3.00. The third-order valence-corrected chi connectivity index (χ3v) is 4.24. The van der Waals surface area contributed by atoms with Gasteiger partial charge in [-0.15, -0.1) is 11.3 Å². The first-order valence-corrected chi connectivity index (χ1v) is 6.92. The number of alkyl halides is 3. The minimum absolute atomic E-state index is 0.0311. The van der Waals surface area contributed by atoms with Gasteiger partial charge in [-0.1, -0.05) is 0 Å². The van der Waals surface area contributed by atoms with Crippen LogP contribution < -0.4 is 10.6 Å². The minimum Gasteiger partial charge on any atom is -0.480 e. The van der Waals surface area contributed by atoms with Crippen LogP contribution in [0.5, 0.6) is 0 Å². The van der Waals surface area contributed by atoms with Crippen molar-refractivity contribution in [3.63, 3.8) is 0 Å². The topological polar surface area (TPSA) is 79.5 Å². The monoisotopic (exact) mass is 309 g/mol. The number of piperidine rings is 1. The van der Waals surface area contributed by atoms with Crippen molar-refractivity contribution in [2.24, 2.45) is 11.7 Å². The number of aliphatic carboxylic acids is 1. The molecule has 1 aliphatic heterocycles. The van der Waals surface area contributed by atoms with E-state index >= 15 is 0 Å². The summed E-state index contributed by atoms with van der Waals surface area (Å²) in [5, 5.41) is 10.8. The molecule has 0 amide bonds. The summed E-state index contributed by atoms with van der Waals surface area (Å²) in [6.07, 6.45) is -4.08. The Labute approximate surface area is 117 Å². The highest BCUT2D eigenvalue weighted by Gasteiger charge is 2.41. The molecular formula is C11H14F3N3O2S. The fraction of sp³-hybridized carbons (Fsp3) is 0.636. The Balaban J connectivity index is 1.99. The summed E-state index contributed by atoms with van der Waals surface area (Å²) in [5.41, 5.74) is 5.67. The lowest BCUT2D eigenvalue weighted by Crippen LogP contribution is -2.39. The third kappa shape index (κ3) is 3.21. The Morgan fingerprint density at radius 3 is 2.60 bits per heavy atom. The first-order valence-electron chi connectivity index (χ1n) is 6.04. The molecule has 1 unspecified atom stereocenters. The van der Waals surface area contributed by atoms with Crippen molar-refractivity contribution in [2.75, 3.05) is 18.0 Å². The highest BCUT2D eigenvalue weighted by atomic mass is 32.1. The smallest absolute Gasteiger partial charge is 0.391 e. The van der Waals surface area contributed by atoms with Gasteiger partial charge in [0.2, 0.25) is 0 Å². The van der Waals surface area contributed by atoms with E-state index in [4.69, 9.17) is 10.8 Å². The molecule has 0 bridgehead atoms. The second kappa shape index (κ2) is 5.57. The van der Waals surface area contributed by atoms with E-state index < -0.39 is 24.1 Å². The van der Waals surface area contributed by atoms with Gasteiger partial charge in [0.15, 0.2) is 5.13 Å². The number of carboxylic acid groups (broad SMARTS) is 1. The van der Waals surface area contributed by atoms with Gasteiger partial charge in [-0.05, 0) is 12.8 Å². The van der Waals surface area contributed by atoms with Crippen molar-refractivity contribution in [3.05, 3.63) is 11.1 Å². The van der Waals surface area contributed by atoms with Crippen LogP contribution >= 0.6 is 11.3 Å². The molecule has 2 heterocycles. The first kappa shape index (κ1) is 15.0. The van der Waals surface area contributed by atoms with Crippen molar-refractivity contribution in [1.29, 1.82) is 0 Å². The largest absolute Gasteiger partial charge is 0.480 e. The van der Waals surface area contributed by atoms with Gasteiger partial charge < -0.3 is 15.7 Å². The van der Waals surface area contributed by atoms with E-state index in [1.165, 1.54) is 16.7 Å². The van der Waals surface area contributed by atoms with Crippen LogP contribution in [0.25, 0.3) is 0 Å². The Morgan fingerprint density at radius 1 is 1.50 bits per heavy atom. The quantitative estimate of drug-likeness (QED) is 0.893. The van der Waals surface area contributed by atoms with E-state index in [1.807, 2.05) is 0 Å². The number of nitrogens with two attached hydrogens (primary N) is 1. The van der Waals surface area contributed by atoms with Crippen molar-refractivity contribution in [2.45, 2.75) is 25.1 Å². The Hall–Kier alpha value is -1.35. The molecule has 0 aromatic carbocycles. The van der Waals surface area contributed by atoms with Gasteiger partial charge in [0.1, 0.15) is 6.04 Å². The summed E-state index contributed by atoms with van der Waals surface area (Å²) in [6, 6.07) is -1.20. The highest BCUT2D eigenvalue weighted by molar-refractivity contribution is 7.13. The molecule has 1 aromatic heterocycles. The van der Waals surface area contributed by atoms with Crippen LogP contribution in [-0.4, -0.2) is 35.3 Å². The van der Waals surface area contributed by atoms with Gasteiger partial charge >= 0.3 is 12.1 Å². The third-order valence-electron chi connectivity index (χ3n) is 3.32. The summed E-state index contributed by atoms with van der Waals surface area (Å²) < 4.78 is 37.7. The van der Waals surface area contributed by atoms with Crippen LogP contribution in [0.4, 0.5) is 18.3 Å². The SMILES string of the molecule is NC(C(=O)O)c1csc(N2CCC(C(F)(F)F)CC2)n1. The minimum atomic E-state index is -4.15. The fourth-order valence-electron chi connectivity index (χ4n) is 2.09. The molecule has 5 nitrogen and oxygen atoms in total. The molecule has 1 aromatic rings. The summed E-state index contributed by atoms with van der Waals surface area (Å²) in [7, 11) is 0. The standard InChI is InChI=1S/C11H14F3N3O2S/c12-11(13,14)6-1-3-17(4-2-6)10-16-7(5-20-10)8(15)9(18)19/h5-6,8H,1-4,15H2,(H,18,19). The molecule has 2 rings (SSSR count). The average molecular weight is 309 g/mol. The number of halogens is 3. The van der Waals surface area contributed by atoms with E-state index in [0.29, 0.717) is 5.13 Å². The lowest BCUT2D eigenvalue weighted by molar-refractivity contribution is -0.179. The first-order chi connectivity index (χ1) is 9.29. The molecule has 9 heteroatoms. The number of carbonyl (C=O) groups is 1. The number of aromatic nitrogens is 1. The molecule has 1 saturated heterocycles. The van der Waals surface area contributed by atoms with Gasteiger partial charge in [0.25, 0.3) is 0 Å². The molecule has 0 radical (unpaired) electrons. The van der Waals surface area contributed by atoms with Gasteiger partial charge in [0.05, 0.1) is 11.6 Å².